The Morgan fingerprint density at radius 2 is 1.15 bits per heavy atom. The van der Waals surface area contributed by atoms with E-state index in [0.717, 1.165) is 13.8 Å². The van der Waals surface area contributed by atoms with Gasteiger partial charge in [0.15, 0.2) is 0 Å². The van der Waals surface area contributed by atoms with Crippen LogP contribution in [0.1, 0.15) is 13.8 Å². The van der Waals surface area contributed by atoms with E-state index in [1.54, 1.807) is 0 Å². The third kappa shape index (κ3) is 424. The minimum Gasteiger partial charge on any atom is -0.550 e. The summed E-state index contributed by atoms with van der Waals surface area (Å²) in [6.07, 6.45) is 0. The molecular formula is C4H7NNiO7. The quantitative estimate of drug-likeness (QED) is 0.272. The predicted molar refractivity (Wildman–Crippen MR) is 30.1 cm³/mol. The first-order chi connectivity index (χ1) is 5.20. The van der Waals surface area contributed by atoms with E-state index >= 15 is 0 Å². The van der Waals surface area contributed by atoms with Crippen LogP contribution in [-0.2, 0) is 26.1 Å². The molecule has 0 aromatic rings. The molecule has 0 aromatic carbocycles. The zero-order valence-electron chi connectivity index (χ0n) is 6.66. The third-order valence-corrected chi connectivity index (χ3v) is 0. The molecule has 0 aliphatic heterocycles. The van der Waals surface area contributed by atoms with Crippen LogP contribution in [0.25, 0.3) is 0 Å². The number of hydrogen-bond acceptors (Lipinski definition) is 6. The average Bonchev–Trinajstić information content (AvgIpc) is 1.54. The maximum Gasteiger partial charge on any atom is 2.00 e. The first-order valence-electron chi connectivity index (χ1n) is 2.38. The van der Waals surface area contributed by atoms with Crippen LogP contribution in [0, 0.1) is 10.1 Å². The molecule has 0 radical (unpaired) electrons. The number of rotatable bonds is 0. The fourth-order valence-electron chi connectivity index (χ4n) is 0. The molecule has 9 heteroatoms. The van der Waals surface area contributed by atoms with E-state index < -0.39 is 17.0 Å². The summed E-state index contributed by atoms with van der Waals surface area (Å²) in [6, 6.07) is 0. The van der Waals surface area contributed by atoms with Gasteiger partial charge in [0.1, 0.15) is 0 Å². The summed E-state index contributed by atoms with van der Waals surface area (Å²) in [6.45, 7) is 1.94. The van der Waals surface area contributed by atoms with E-state index in [0.29, 0.717) is 0 Å². The Kier molecular flexibility index (Phi) is 29.4. The van der Waals surface area contributed by atoms with Crippen LogP contribution in [-0.4, -0.2) is 22.2 Å². The second kappa shape index (κ2) is 16.9. The molecule has 0 saturated carbocycles. The molecule has 0 bridgehead atoms. The van der Waals surface area contributed by atoms with Crippen molar-refractivity contribution in [1.82, 2.24) is 0 Å². The first kappa shape index (κ1) is 22.6. The molecule has 8 nitrogen and oxygen atoms in total. The minimum atomic E-state index is -1.50. The topological polar surface area (TPSA) is 144 Å². The molecule has 0 spiro atoms. The molecule has 0 aliphatic carbocycles. The van der Waals surface area contributed by atoms with Crippen molar-refractivity contribution in [2.24, 2.45) is 0 Å². The number of hydrogen-bond donors (Lipinski definition) is 1. The molecule has 0 atom stereocenters. The Balaban J connectivity index is -0.0000000450. The van der Waals surface area contributed by atoms with E-state index in [1.165, 1.54) is 0 Å². The van der Waals surface area contributed by atoms with Crippen LogP contribution in [0.5, 0.6) is 0 Å². The Hall–Kier alpha value is -1.37. The van der Waals surface area contributed by atoms with Crippen LogP contribution in [0.4, 0.5) is 0 Å². The van der Waals surface area contributed by atoms with Crippen molar-refractivity contribution in [3.8, 4) is 0 Å². The molecule has 0 aliphatic rings. The minimum absolute atomic E-state index is 0. The van der Waals surface area contributed by atoms with Crippen LogP contribution in [0.15, 0.2) is 0 Å². The second-order valence-corrected chi connectivity index (χ2v) is 1.22. The van der Waals surface area contributed by atoms with Crippen LogP contribution < -0.4 is 10.2 Å². The molecule has 0 fully saturated rings. The Morgan fingerprint density at radius 1 is 1.15 bits per heavy atom. The number of nitrogens with zero attached hydrogens (tertiary/aromatic N) is 1. The number of aliphatic carboxylic acids is 2. The van der Waals surface area contributed by atoms with Crippen LogP contribution in [0.3, 0.4) is 0 Å². The zero-order valence-corrected chi connectivity index (χ0v) is 7.65. The molecule has 0 heterocycles. The number of carboxylic acids is 2. The molecular weight excluding hydrogens is 233 g/mol. The summed E-state index contributed by atoms with van der Waals surface area (Å²) in [5, 5.41) is 31.4. The third-order valence-electron chi connectivity index (χ3n) is 0. The van der Waals surface area contributed by atoms with E-state index in [1.807, 2.05) is 0 Å². The fraction of sp³-hybridized carbons (Fsp3) is 0.500. The largest absolute Gasteiger partial charge is 2.00 e. The normalized spacial score (nSPS) is 5.69. The van der Waals surface area contributed by atoms with Crippen LogP contribution >= 0.6 is 0 Å². The van der Waals surface area contributed by atoms with Gasteiger partial charge in [0.25, 0.3) is 5.09 Å². The second-order valence-electron chi connectivity index (χ2n) is 1.22. The van der Waals surface area contributed by atoms with Crippen LogP contribution in [0.2, 0.25) is 0 Å². The first-order valence-corrected chi connectivity index (χ1v) is 2.38. The van der Waals surface area contributed by atoms with E-state index in [9.17, 15) is 0 Å². The number of carboxylic acid groups (broad SMARTS) is 2. The van der Waals surface area contributed by atoms with Crippen molar-refractivity contribution in [3.63, 3.8) is 0 Å². The van der Waals surface area contributed by atoms with Crippen molar-refractivity contribution in [1.29, 1.82) is 0 Å². The van der Waals surface area contributed by atoms with E-state index in [4.69, 9.17) is 35.1 Å². The maximum atomic E-state index is 8.89. The SMILES string of the molecule is CC(=O)[O-].CC(=O)[O-].O=[N+]([O-])O.[Ni+2]. The van der Waals surface area contributed by atoms with Crippen molar-refractivity contribution in [2.45, 2.75) is 13.8 Å². The Labute approximate surface area is 83.2 Å². The van der Waals surface area contributed by atoms with Crippen molar-refractivity contribution >= 4 is 11.9 Å². The van der Waals surface area contributed by atoms with Gasteiger partial charge in [-0.25, -0.2) is 0 Å². The molecule has 0 saturated heterocycles. The maximum absolute atomic E-state index is 8.89. The summed E-state index contributed by atoms with van der Waals surface area (Å²) in [5.41, 5.74) is 0. The van der Waals surface area contributed by atoms with Gasteiger partial charge in [-0.15, -0.1) is 10.1 Å². The standard InChI is InChI=1S/2C2H4O2.HNO3.Ni/c2*1-2(3)4;2-1(3)4;/h2*1H3,(H,3,4);(H,2,3,4);/q;;;+2/p-2. The smallest absolute Gasteiger partial charge is 0.550 e. The van der Waals surface area contributed by atoms with Gasteiger partial charge < -0.3 is 25.0 Å². The van der Waals surface area contributed by atoms with Gasteiger partial charge in [0.05, 0.1) is 0 Å². The summed E-state index contributed by atoms with van der Waals surface area (Å²) in [7, 11) is 0. The predicted octanol–water partition coefficient (Wildman–Crippen LogP) is -2.84. The van der Waals surface area contributed by atoms with Gasteiger partial charge in [-0.1, -0.05) is 0 Å². The summed E-state index contributed by atoms with van der Waals surface area (Å²) in [5.74, 6) is -2.17. The number of carbonyl (C=O) groups is 2. The Bertz CT molecular complexity index is 118. The average molecular weight is 240 g/mol. The molecule has 0 aromatic heterocycles. The molecule has 80 valence electrons. The molecule has 0 amide bonds. The molecule has 0 rings (SSSR count). The molecule has 13 heavy (non-hydrogen) atoms. The number of carbonyl (C=O) groups excluding carboxylic acids is 2. The van der Waals surface area contributed by atoms with Gasteiger partial charge in [-0.3, -0.25) is 0 Å². The van der Waals surface area contributed by atoms with Crippen molar-refractivity contribution in [2.75, 3.05) is 0 Å². The van der Waals surface area contributed by atoms with E-state index in [2.05, 4.69) is 0 Å². The monoisotopic (exact) mass is 239 g/mol. The van der Waals surface area contributed by atoms with E-state index in [-0.39, 0.29) is 16.5 Å². The summed E-state index contributed by atoms with van der Waals surface area (Å²) < 4.78 is 0. The van der Waals surface area contributed by atoms with Crippen molar-refractivity contribution < 1.29 is 46.6 Å². The fourth-order valence-corrected chi connectivity index (χ4v) is 0. The van der Waals surface area contributed by atoms with Crippen molar-refractivity contribution in [3.05, 3.63) is 10.1 Å². The molecule has 0 unspecified atom stereocenters. The van der Waals surface area contributed by atoms with Gasteiger partial charge in [0, 0.05) is 11.9 Å². The van der Waals surface area contributed by atoms with Gasteiger partial charge in [-0.05, 0) is 13.8 Å². The van der Waals surface area contributed by atoms with Gasteiger partial charge >= 0.3 is 16.5 Å². The summed E-state index contributed by atoms with van der Waals surface area (Å²) >= 11 is 0. The van der Waals surface area contributed by atoms with Gasteiger partial charge in [-0.2, -0.15) is 0 Å². The zero-order chi connectivity index (χ0) is 10.7. The van der Waals surface area contributed by atoms with Gasteiger partial charge in [0.2, 0.25) is 0 Å². The summed E-state index contributed by atoms with van der Waals surface area (Å²) in [4.78, 5) is 26.1. The Morgan fingerprint density at radius 3 is 1.15 bits per heavy atom. The molecule has 1 N–H and O–H groups in total.